The first-order chi connectivity index (χ1) is 7.63. The van der Waals surface area contributed by atoms with Gasteiger partial charge in [0.25, 0.3) is 0 Å². The van der Waals surface area contributed by atoms with Gasteiger partial charge in [-0.25, -0.2) is 0 Å². The maximum Gasteiger partial charge on any atom is 0.222 e. The fourth-order valence-electron chi connectivity index (χ4n) is 2.11. The number of nitrogens with zero attached hydrogens (tertiary/aromatic N) is 2. The van der Waals surface area contributed by atoms with Crippen LogP contribution in [0.1, 0.15) is 26.7 Å². The average Bonchev–Trinajstić information content (AvgIpc) is 2.26. The monoisotopic (exact) mass is 227 g/mol. The van der Waals surface area contributed by atoms with Crippen LogP contribution in [0.15, 0.2) is 0 Å². The van der Waals surface area contributed by atoms with Gasteiger partial charge in [0.1, 0.15) is 0 Å². The summed E-state index contributed by atoms with van der Waals surface area (Å²) in [6.45, 7) is 10.0. The number of carbonyl (C=O) groups is 1. The molecule has 1 heterocycles. The highest BCUT2D eigenvalue weighted by atomic mass is 16.2. The molecule has 0 atom stereocenters. The summed E-state index contributed by atoms with van der Waals surface area (Å²) in [6, 6.07) is 0. The second kappa shape index (κ2) is 6.86. The molecule has 4 heteroatoms. The molecular formula is C12H25N3O. The van der Waals surface area contributed by atoms with Crippen LogP contribution in [0.3, 0.4) is 0 Å². The Labute approximate surface area is 98.8 Å². The maximum absolute atomic E-state index is 11.7. The van der Waals surface area contributed by atoms with Crippen LogP contribution in [0.25, 0.3) is 0 Å². The Morgan fingerprint density at radius 2 is 1.88 bits per heavy atom. The minimum Gasteiger partial charge on any atom is -0.340 e. The molecule has 2 N–H and O–H groups in total. The van der Waals surface area contributed by atoms with Gasteiger partial charge in [-0.15, -0.1) is 0 Å². The lowest BCUT2D eigenvalue weighted by molar-refractivity contribution is -0.133. The third kappa shape index (κ3) is 4.49. The highest BCUT2D eigenvalue weighted by Gasteiger charge is 2.20. The van der Waals surface area contributed by atoms with Gasteiger partial charge < -0.3 is 10.6 Å². The highest BCUT2D eigenvalue weighted by molar-refractivity contribution is 5.76. The van der Waals surface area contributed by atoms with Crippen LogP contribution in [0.2, 0.25) is 0 Å². The lowest BCUT2D eigenvalue weighted by atomic mass is 10.2. The molecule has 1 aliphatic heterocycles. The zero-order chi connectivity index (χ0) is 12.0. The fraction of sp³-hybridized carbons (Fsp3) is 0.917. The van der Waals surface area contributed by atoms with Crippen LogP contribution in [0.5, 0.6) is 0 Å². The lowest BCUT2D eigenvalue weighted by Gasteiger charge is -2.35. The largest absolute Gasteiger partial charge is 0.340 e. The summed E-state index contributed by atoms with van der Waals surface area (Å²) in [5.41, 5.74) is 5.40. The van der Waals surface area contributed by atoms with Gasteiger partial charge in [-0.05, 0) is 18.9 Å². The van der Waals surface area contributed by atoms with Crippen molar-refractivity contribution >= 4 is 5.91 Å². The number of hydrogen-bond acceptors (Lipinski definition) is 3. The van der Waals surface area contributed by atoms with Crippen molar-refractivity contribution in [3.63, 3.8) is 0 Å². The van der Waals surface area contributed by atoms with Gasteiger partial charge in [0, 0.05) is 39.1 Å². The minimum atomic E-state index is 0.273. The van der Waals surface area contributed by atoms with Gasteiger partial charge in [0.15, 0.2) is 0 Å². The third-order valence-corrected chi connectivity index (χ3v) is 2.94. The summed E-state index contributed by atoms with van der Waals surface area (Å²) in [6.07, 6.45) is 1.42. The molecule has 1 amide bonds. The van der Waals surface area contributed by atoms with E-state index in [1.807, 2.05) is 4.90 Å². The van der Waals surface area contributed by atoms with Crippen molar-refractivity contribution in [1.82, 2.24) is 9.80 Å². The minimum absolute atomic E-state index is 0.273. The SMILES string of the molecule is CC(C)CN1CCN(C(=O)CCCN)CC1. The molecular weight excluding hydrogens is 202 g/mol. The molecule has 16 heavy (non-hydrogen) atoms. The summed E-state index contributed by atoms with van der Waals surface area (Å²) in [4.78, 5) is 16.2. The van der Waals surface area contributed by atoms with Crippen LogP contribution < -0.4 is 5.73 Å². The van der Waals surface area contributed by atoms with Crippen molar-refractivity contribution < 1.29 is 4.79 Å². The molecule has 0 unspecified atom stereocenters. The van der Waals surface area contributed by atoms with Crippen molar-refractivity contribution in [1.29, 1.82) is 0 Å². The smallest absolute Gasteiger partial charge is 0.222 e. The molecule has 0 radical (unpaired) electrons. The quantitative estimate of drug-likeness (QED) is 0.745. The van der Waals surface area contributed by atoms with Crippen molar-refractivity contribution in [2.75, 3.05) is 39.3 Å². The topological polar surface area (TPSA) is 49.6 Å². The van der Waals surface area contributed by atoms with E-state index >= 15 is 0 Å². The fourth-order valence-corrected chi connectivity index (χ4v) is 2.11. The van der Waals surface area contributed by atoms with Gasteiger partial charge >= 0.3 is 0 Å². The molecule has 1 saturated heterocycles. The van der Waals surface area contributed by atoms with Gasteiger partial charge in [0.05, 0.1) is 0 Å². The van der Waals surface area contributed by atoms with Crippen molar-refractivity contribution in [3.05, 3.63) is 0 Å². The van der Waals surface area contributed by atoms with Gasteiger partial charge in [-0.2, -0.15) is 0 Å². The standard InChI is InChI=1S/C12H25N3O/c1-11(2)10-14-6-8-15(9-7-14)12(16)4-3-5-13/h11H,3-10,13H2,1-2H3. The van der Waals surface area contributed by atoms with Crippen LogP contribution in [0.4, 0.5) is 0 Å². The van der Waals surface area contributed by atoms with E-state index < -0.39 is 0 Å². The number of piperazine rings is 1. The van der Waals surface area contributed by atoms with Crippen LogP contribution in [-0.2, 0) is 4.79 Å². The van der Waals surface area contributed by atoms with E-state index in [1.165, 1.54) is 0 Å². The average molecular weight is 227 g/mol. The van der Waals surface area contributed by atoms with E-state index in [-0.39, 0.29) is 5.91 Å². The zero-order valence-corrected chi connectivity index (χ0v) is 10.6. The molecule has 0 saturated carbocycles. The number of carbonyl (C=O) groups excluding carboxylic acids is 1. The van der Waals surface area contributed by atoms with Gasteiger partial charge in [-0.1, -0.05) is 13.8 Å². The van der Waals surface area contributed by atoms with Gasteiger partial charge in [0.2, 0.25) is 5.91 Å². The first-order valence-electron chi connectivity index (χ1n) is 6.33. The second-order valence-corrected chi connectivity index (χ2v) is 4.97. The van der Waals surface area contributed by atoms with E-state index in [2.05, 4.69) is 18.7 Å². The Morgan fingerprint density at radius 3 is 2.38 bits per heavy atom. The predicted octanol–water partition coefficient (Wildman–Crippen LogP) is 0.526. The Morgan fingerprint density at radius 1 is 1.25 bits per heavy atom. The van der Waals surface area contributed by atoms with Crippen molar-refractivity contribution in [2.24, 2.45) is 11.7 Å². The van der Waals surface area contributed by atoms with E-state index in [9.17, 15) is 4.79 Å². The Kier molecular flexibility index (Phi) is 5.77. The van der Waals surface area contributed by atoms with E-state index in [0.29, 0.717) is 18.9 Å². The number of nitrogens with two attached hydrogens (primary N) is 1. The Balaban J connectivity index is 2.23. The summed E-state index contributed by atoms with van der Waals surface area (Å²) < 4.78 is 0. The van der Waals surface area contributed by atoms with Crippen LogP contribution in [0, 0.1) is 5.92 Å². The summed E-state index contributed by atoms with van der Waals surface area (Å²) in [5.74, 6) is 0.981. The third-order valence-electron chi connectivity index (χ3n) is 2.94. The zero-order valence-electron chi connectivity index (χ0n) is 10.6. The molecule has 1 fully saturated rings. The molecule has 1 aliphatic rings. The van der Waals surface area contributed by atoms with Crippen molar-refractivity contribution in [2.45, 2.75) is 26.7 Å². The molecule has 94 valence electrons. The second-order valence-electron chi connectivity index (χ2n) is 4.97. The van der Waals surface area contributed by atoms with E-state index in [1.54, 1.807) is 0 Å². The van der Waals surface area contributed by atoms with E-state index in [0.717, 1.165) is 39.1 Å². The molecule has 1 rings (SSSR count). The molecule has 0 aliphatic carbocycles. The molecule has 0 aromatic heterocycles. The summed E-state index contributed by atoms with van der Waals surface area (Å²) >= 11 is 0. The van der Waals surface area contributed by atoms with Crippen molar-refractivity contribution in [3.8, 4) is 0 Å². The normalized spacial score (nSPS) is 18.1. The lowest BCUT2D eigenvalue weighted by Crippen LogP contribution is -2.49. The summed E-state index contributed by atoms with van der Waals surface area (Å²) in [5, 5.41) is 0. The molecule has 0 spiro atoms. The number of amides is 1. The Bertz CT molecular complexity index is 210. The number of hydrogen-bond donors (Lipinski definition) is 1. The van der Waals surface area contributed by atoms with E-state index in [4.69, 9.17) is 5.73 Å². The highest BCUT2D eigenvalue weighted by Crippen LogP contribution is 2.07. The van der Waals surface area contributed by atoms with Crippen LogP contribution in [-0.4, -0.2) is 55.0 Å². The molecule has 0 aromatic rings. The first kappa shape index (κ1) is 13.5. The van der Waals surface area contributed by atoms with Gasteiger partial charge in [-0.3, -0.25) is 9.69 Å². The maximum atomic E-state index is 11.7. The molecule has 4 nitrogen and oxygen atoms in total. The summed E-state index contributed by atoms with van der Waals surface area (Å²) in [7, 11) is 0. The molecule has 0 bridgehead atoms. The predicted molar refractivity (Wildman–Crippen MR) is 66.1 cm³/mol. The number of rotatable bonds is 5. The van der Waals surface area contributed by atoms with Crippen LogP contribution >= 0.6 is 0 Å². The molecule has 0 aromatic carbocycles. The Hall–Kier alpha value is -0.610. The first-order valence-corrected chi connectivity index (χ1v) is 6.33.